The summed E-state index contributed by atoms with van der Waals surface area (Å²) < 4.78 is 16.1. The van der Waals surface area contributed by atoms with Crippen LogP contribution < -0.4 is 9.47 Å². The fraction of sp³-hybridized carbons (Fsp3) is 0.292. The average molecular weight is 485 g/mol. The molecule has 1 aliphatic heterocycles. The second-order valence-electron chi connectivity index (χ2n) is 7.38. The minimum Gasteiger partial charge on any atom is -0.493 e. The summed E-state index contributed by atoms with van der Waals surface area (Å²) in [5, 5.41) is 1.98. The third-order valence-electron chi connectivity index (χ3n) is 5.36. The van der Waals surface area contributed by atoms with E-state index in [4.69, 9.17) is 14.2 Å². The normalized spacial score (nSPS) is 12.7. The van der Waals surface area contributed by atoms with Crippen LogP contribution in [0.25, 0.3) is 0 Å². The zero-order valence-corrected chi connectivity index (χ0v) is 20.0. The molecule has 1 amide bonds. The van der Waals surface area contributed by atoms with Crippen molar-refractivity contribution in [2.75, 3.05) is 27.4 Å². The Morgan fingerprint density at radius 2 is 1.88 bits per heavy atom. The maximum atomic E-state index is 12.8. The number of benzene rings is 2. The van der Waals surface area contributed by atoms with Gasteiger partial charge in [0.05, 0.1) is 31.0 Å². The molecule has 4 rings (SSSR count). The lowest BCUT2D eigenvalue weighted by Crippen LogP contribution is -2.38. The smallest absolute Gasteiger partial charge is 0.339 e. The predicted octanol–water partition coefficient (Wildman–Crippen LogP) is 4.19. The summed E-state index contributed by atoms with van der Waals surface area (Å²) in [6.07, 6.45) is 0.700. The molecular weight excluding hydrogens is 460 g/mol. The van der Waals surface area contributed by atoms with Gasteiger partial charge in [0.15, 0.2) is 18.1 Å². The van der Waals surface area contributed by atoms with Crippen molar-refractivity contribution >= 4 is 35.0 Å². The number of hydrogen-bond acceptors (Lipinski definition) is 8. The van der Waals surface area contributed by atoms with Gasteiger partial charge in [0.2, 0.25) is 0 Å². The van der Waals surface area contributed by atoms with Crippen molar-refractivity contribution in [3.63, 3.8) is 0 Å². The number of aromatic nitrogens is 1. The summed E-state index contributed by atoms with van der Waals surface area (Å²) >= 11 is 3.06. The van der Waals surface area contributed by atoms with Crippen molar-refractivity contribution in [3.8, 4) is 11.5 Å². The lowest BCUT2D eigenvalue weighted by molar-refractivity contribution is -0.135. The number of esters is 1. The second kappa shape index (κ2) is 10.7. The molecule has 0 fully saturated rings. The highest BCUT2D eigenvalue weighted by Crippen LogP contribution is 2.33. The van der Waals surface area contributed by atoms with Crippen molar-refractivity contribution in [1.82, 2.24) is 9.88 Å². The van der Waals surface area contributed by atoms with Crippen LogP contribution in [0.4, 0.5) is 0 Å². The molecule has 0 saturated carbocycles. The number of amides is 1. The van der Waals surface area contributed by atoms with Crippen molar-refractivity contribution in [3.05, 3.63) is 69.7 Å². The summed E-state index contributed by atoms with van der Waals surface area (Å²) in [5.74, 6) is 1.23. The van der Waals surface area contributed by atoms with E-state index in [1.165, 1.54) is 23.1 Å². The Hall–Kier alpha value is -3.04. The Balaban J connectivity index is 1.36. The van der Waals surface area contributed by atoms with Crippen LogP contribution in [0.15, 0.2) is 52.2 Å². The Bertz CT molecular complexity index is 1130. The molecule has 2 aromatic carbocycles. The van der Waals surface area contributed by atoms with Crippen LogP contribution >= 0.6 is 23.1 Å². The number of thiazole rings is 1. The highest BCUT2D eigenvalue weighted by molar-refractivity contribution is 7.98. The molecule has 2 heterocycles. The third kappa shape index (κ3) is 5.48. The summed E-state index contributed by atoms with van der Waals surface area (Å²) in [4.78, 5) is 32.3. The molecule has 0 atom stereocenters. The Morgan fingerprint density at radius 3 is 2.61 bits per heavy atom. The fourth-order valence-electron chi connectivity index (χ4n) is 3.61. The average Bonchev–Trinajstić information content (AvgIpc) is 3.38. The lowest BCUT2D eigenvalue weighted by atomic mass is 9.99. The van der Waals surface area contributed by atoms with E-state index in [-0.39, 0.29) is 12.5 Å². The van der Waals surface area contributed by atoms with Crippen LogP contribution in [0.1, 0.15) is 27.2 Å². The quantitative estimate of drug-likeness (QED) is 0.350. The number of rotatable bonds is 8. The Morgan fingerprint density at radius 1 is 1.12 bits per heavy atom. The molecule has 0 spiro atoms. The second-order valence-corrected chi connectivity index (χ2v) is 9.12. The SMILES string of the molecule is COc1cc2c(cc1OC)CN(C(=O)COC(=O)c1ccccc1SCc1cscn1)CC2. The van der Waals surface area contributed by atoms with Crippen molar-refractivity contribution in [2.24, 2.45) is 0 Å². The van der Waals surface area contributed by atoms with Gasteiger partial charge in [0.25, 0.3) is 5.91 Å². The molecule has 33 heavy (non-hydrogen) atoms. The van der Waals surface area contributed by atoms with E-state index in [0.717, 1.165) is 21.7 Å². The first-order chi connectivity index (χ1) is 16.1. The molecule has 0 bridgehead atoms. The van der Waals surface area contributed by atoms with E-state index in [1.807, 2.05) is 29.6 Å². The number of carbonyl (C=O) groups excluding carboxylic acids is 2. The highest BCUT2D eigenvalue weighted by atomic mass is 32.2. The fourth-order valence-corrected chi connectivity index (χ4v) is 5.22. The monoisotopic (exact) mass is 484 g/mol. The third-order valence-corrected chi connectivity index (χ3v) is 7.11. The topological polar surface area (TPSA) is 78.0 Å². The molecule has 0 N–H and O–H groups in total. The molecular formula is C24H24N2O5S2. The van der Waals surface area contributed by atoms with Crippen molar-refractivity contribution in [1.29, 1.82) is 0 Å². The molecule has 1 aliphatic rings. The largest absolute Gasteiger partial charge is 0.493 e. The first-order valence-corrected chi connectivity index (χ1v) is 12.3. The van der Waals surface area contributed by atoms with Gasteiger partial charge in [-0.25, -0.2) is 9.78 Å². The van der Waals surface area contributed by atoms with Crippen LogP contribution in [0.5, 0.6) is 11.5 Å². The Labute approximate surface area is 200 Å². The van der Waals surface area contributed by atoms with Gasteiger partial charge in [0, 0.05) is 29.1 Å². The number of hydrogen-bond donors (Lipinski definition) is 0. The number of carbonyl (C=O) groups is 2. The lowest BCUT2D eigenvalue weighted by Gasteiger charge is -2.29. The van der Waals surface area contributed by atoms with Gasteiger partial charge in [-0.3, -0.25) is 4.79 Å². The number of methoxy groups -OCH3 is 2. The van der Waals surface area contributed by atoms with Gasteiger partial charge in [-0.05, 0) is 41.8 Å². The van der Waals surface area contributed by atoms with Gasteiger partial charge >= 0.3 is 5.97 Å². The van der Waals surface area contributed by atoms with Crippen molar-refractivity contribution in [2.45, 2.75) is 23.6 Å². The summed E-state index contributed by atoms with van der Waals surface area (Å²) in [6.45, 7) is 0.692. The molecule has 7 nitrogen and oxygen atoms in total. The van der Waals surface area contributed by atoms with Crippen LogP contribution in [0, 0.1) is 0 Å². The minimum absolute atomic E-state index is 0.226. The van der Waals surface area contributed by atoms with E-state index >= 15 is 0 Å². The Kier molecular flexibility index (Phi) is 7.51. The van der Waals surface area contributed by atoms with Crippen LogP contribution in [-0.4, -0.2) is 49.1 Å². The van der Waals surface area contributed by atoms with Crippen LogP contribution in [0.3, 0.4) is 0 Å². The van der Waals surface area contributed by atoms with E-state index in [9.17, 15) is 9.59 Å². The van der Waals surface area contributed by atoms with Crippen molar-refractivity contribution < 1.29 is 23.8 Å². The number of fused-ring (bicyclic) bond motifs is 1. The molecule has 172 valence electrons. The van der Waals surface area contributed by atoms with Gasteiger partial charge < -0.3 is 19.1 Å². The van der Waals surface area contributed by atoms with Gasteiger partial charge in [0.1, 0.15) is 0 Å². The maximum Gasteiger partial charge on any atom is 0.339 e. The molecule has 0 unspecified atom stereocenters. The highest BCUT2D eigenvalue weighted by Gasteiger charge is 2.24. The van der Waals surface area contributed by atoms with Crippen LogP contribution in [0.2, 0.25) is 0 Å². The first kappa shape index (κ1) is 23.1. The number of thioether (sulfide) groups is 1. The number of nitrogens with zero attached hydrogens (tertiary/aromatic N) is 2. The zero-order valence-electron chi connectivity index (χ0n) is 18.4. The predicted molar refractivity (Wildman–Crippen MR) is 127 cm³/mol. The van der Waals surface area contributed by atoms with E-state index in [1.54, 1.807) is 36.8 Å². The van der Waals surface area contributed by atoms with E-state index in [0.29, 0.717) is 42.3 Å². The van der Waals surface area contributed by atoms with Gasteiger partial charge in [-0.1, -0.05) is 12.1 Å². The van der Waals surface area contributed by atoms with E-state index < -0.39 is 5.97 Å². The molecule has 9 heteroatoms. The molecule has 0 saturated heterocycles. The van der Waals surface area contributed by atoms with Gasteiger partial charge in [-0.15, -0.1) is 23.1 Å². The molecule has 3 aromatic rings. The van der Waals surface area contributed by atoms with Crippen LogP contribution in [-0.2, 0) is 28.2 Å². The maximum absolute atomic E-state index is 12.8. The first-order valence-electron chi connectivity index (χ1n) is 10.4. The summed E-state index contributed by atoms with van der Waals surface area (Å²) in [6, 6.07) is 11.1. The molecule has 0 aliphatic carbocycles. The van der Waals surface area contributed by atoms with E-state index in [2.05, 4.69) is 4.98 Å². The zero-order chi connectivity index (χ0) is 23.2. The molecule has 0 radical (unpaired) electrons. The summed E-state index contributed by atoms with van der Waals surface area (Å²) in [5.41, 5.74) is 5.32. The summed E-state index contributed by atoms with van der Waals surface area (Å²) in [7, 11) is 3.19. The minimum atomic E-state index is -0.506. The number of ether oxygens (including phenoxy) is 3. The molecule has 1 aromatic heterocycles. The van der Waals surface area contributed by atoms with Gasteiger partial charge in [-0.2, -0.15) is 0 Å². The standard InChI is InChI=1S/C24H24N2O5S2/c1-29-20-9-16-7-8-26(11-17(16)10-21(20)30-2)23(27)12-31-24(28)19-5-3-4-6-22(19)33-14-18-13-32-15-25-18/h3-6,9-10,13,15H,7-8,11-12,14H2,1-2H3.